The molecular formula is C26H34N8O2. The summed E-state index contributed by atoms with van der Waals surface area (Å²) in [5.41, 5.74) is 1.59. The standard InChI is InChI=1S/C26H34N8O2/c1-18-14-24(31-30-18)28-23-16-25(33-12-10-32(2)11-13-33)29-22(27-23)15-19-8-9-34(17-19)26(35)20-6-4-5-7-21(20)36-3/h4-7,14,16,19H,8-13,15,17H2,1-3H3,(H2,27,28,29,30,31)/t19-/m1/s1. The Hall–Kier alpha value is -3.66. The van der Waals surface area contributed by atoms with Crippen molar-refractivity contribution >= 4 is 23.4 Å². The van der Waals surface area contributed by atoms with Crippen molar-refractivity contribution < 1.29 is 9.53 Å². The number of carbonyl (C=O) groups excluding carboxylic acids is 1. The number of aryl methyl sites for hydroxylation is 1. The van der Waals surface area contributed by atoms with E-state index in [2.05, 4.69) is 32.4 Å². The van der Waals surface area contributed by atoms with Gasteiger partial charge in [-0.25, -0.2) is 9.97 Å². The van der Waals surface area contributed by atoms with E-state index in [4.69, 9.17) is 14.7 Å². The molecule has 2 saturated heterocycles. The molecule has 0 radical (unpaired) electrons. The van der Waals surface area contributed by atoms with Gasteiger partial charge in [0.25, 0.3) is 5.91 Å². The van der Waals surface area contributed by atoms with Gasteiger partial charge in [-0.3, -0.25) is 9.89 Å². The largest absolute Gasteiger partial charge is 0.496 e. The summed E-state index contributed by atoms with van der Waals surface area (Å²) in [6, 6.07) is 11.4. The third-order valence-electron chi connectivity index (χ3n) is 6.93. The van der Waals surface area contributed by atoms with Crippen LogP contribution < -0.4 is 15.0 Å². The van der Waals surface area contributed by atoms with Crippen molar-refractivity contribution in [2.45, 2.75) is 19.8 Å². The molecule has 1 atom stereocenters. The second-order valence-electron chi connectivity index (χ2n) is 9.69. The van der Waals surface area contributed by atoms with E-state index in [0.29, 0.717) is 30.2 Å². The highest BCUT2D eigenvalue weighted by atomic mass is 16.5. The lowest BCUT2D eigenvalue weighted by molar-refractivity contribution is 0.0783. The van der Waals surface area contributed by atoms with Crippen LogP contribution in [-0.2, 0) is 6.42 Å². The minimum absolute atomic E-state index is 0.0123. The molecule has 4 heterocycles. The maximum atomic E-state index is 13.2. The fourth-order valence-corrected chi connectivity index (χ4v) is 4.88. The predicted octanol–water partition coefficient (Wildman–Crippen LogP) is 2.72. The zero-order valence-electron chi connectivity index (χ0n) is 21.2. The van der Waals surface area contributed by atoms with Gasteiger partial charge < -0.3 is 24.8 Å². The molecule has 0 saturated carbocycles. The molecule has 1 amide bonds. The molecule has 2 aromatic heterocycles. The van der Waals surface area contributed by atoms with E-state index in [-0.39, 0.29) is 5.91 Å². The summed E-state index contributed by atoms with van der Waals surface area (Å²) in [5.74, 6) is 4.11. The van der Waals surface area contributed by atoms with Crippen molar-refractivity contribution in [3.63, 3.8) is 0 Å². The van der Waals surface area contributed by atoms with Gasteiger partial charge in [-0.1, -0.05) is 12.1 Å². The highest BCUT2D eigenvalue weighted by Gasteiger charge is 2.29. The van der Waals surface area contributed by atoms with Gasteiger partial charge in [0.2, 0.25) is 0 Å². The average Bonchev–Trinajstić information content (AvgIpc) is 3.52. The molecule has 10 heteroatoms. The molecule has 0 spiro atoms. The van der Waals surface area contributed by atoms with Crippen LogP contribution in [0.4, 0.5) is 17.5 Å². The number of rotatable bonds is 7. The molecule has 1 aromatic carbocycles. The Morgan fingerprint density at radius 1 is 1.11 bits per heavy atom. The van der Waals surface area contributed by atoms with E-state index in [1.807, 2.05) is 48.2 Å². The first kappa shape index (κ1) is 24.1. The lowest BCUT2D eigenvalue weighted by atomic mass is 10.0. The van der Waals surface area contributed by atoms with Crippen molar-refractivity contribution in [2.75, 3.05) is 63.6 Å². The molecule has 190 valence electrons. The number of aromatic amines is 1. The summed E-state index contributed by atoms with van der Waals surface area (Å²) in [4.78, 5) is 29.5. The van der Waals surface area contributed by atoms with E-state index >= 15 is 0 Å². The van der Waals surface area contributed by atoms with Crippen LogP contribution in [0.25, 0.3) is 0 Å². The molecule has 2 aliphatic heterocycles. The predicted molar refractivity (Wildman–Crippen MR) is 139 cm³/mol. The monoisotopic (exact) mass is 490 g/mol. The summed E-state index contributed by atoms with van der Waals surface area (Å²) in [7, 11) is 3.74. The number of hydrogen-bond donors (Lipinski definition) is 2. The van der Waals surface area contributed by atoms with E-state index in [0.717, 1.165) is 68.1 Å². The lowest BCUT2D eigenvalue weighted by Gasteiger charge is -2.33. The second-order valence-corrected chi connectivity index (χ2v) is 9.69. The number of likely N-dealkylation sites (tertiary alicyclic amines) is 1. The van der Waals surface area contributed by atoms with Crippen LogP contribution in [-0.4, -0.2) is 89.3 Å². The molecule has 2 fully saturated rings. The van der Waals surface area contributed by atoms with E-state index < -0.39 is 0 Å². The van der Waals surface area contributed by atoms with E-state index in [1.54, 1.807) is 7.11 Å². The number of H-pyrrole nitrogens is 1. The smallest absolute Gasteiger partial charge is 0.257 e. The van der Waals surface area contributed by atoms with Gasteiger partial charge in [0.05, 0.1) is 12.7 Å². The van der Waals surface area contributed by atoms with Crippen LogP contribution in [0.3, 0.4) is 0 Å². The molecule has 3 aromatic rings. The molecule has 36 heavy (non-hydrogen) atoms. The fourth-order valence-electron chi connectivity index (χ4n) is 4.88. The Labute approximate surface area is 211 Å². The number of aromatic nitrogens is 4. The number of nitrogens with one attached hydrogen (secondary N) is 2. The molecule has 0 aliphatic carbocycles. The van der Waals surface area contributed by atoms with Crippen LogP contribution in [0.1, 0.15) is 28.3 Å². The van der Waals surface area contributed by atoms with Gasteiger partial charge in [-0.15, -0.1) is 0 Å². The quantitative estimate of drug-likeness (QED) is 0.521. The number of para-hydroxylation sites is 1. The van der Waals surface area contributed by atoms with Gasteiger partial charge in [0.15, 0.2) is 5.82 Å². The van der Waals surface area contributed by atoms with Gasteiger partial charge in [0.1, 0.15) is 23.2 Å². The number of ether oxygens (including phenoxy) is 1. The van der Waals surface area contributed by atoms with Gasteiger partial charge in [0, 0.05) is 63.5 Å². The lowest BCUT2D eigenvalue weighted by Crippen LogP contribution is -2.45. The minimum Gasteiger partial charge on any atom is -0.496 e. The molecular weight excluding hydrogens is 456 g/mol. The van der Waals surface area contributed by atoms with Crippen molar-refractivity contribution in [3.8, 4) is 5.75 Å². The molecule has 2 aliphatic rings. The zero-order valence-corrected chi connectivity index (χ0v) is 21.2. The third-order valence-corrected chi connectivity index (χ3v) is 6.93. The molecule has 10 nitrogen and oxygen atoms in total. The van der Waals surface area contributed by atoms with Crippen molar-refractivity contribution in [1.29, 1.82) is 0 Å². The number of anilines is 3. The summed E-state index contributed by atoms with van der Waals surface area (Å²) in [5, 5.41) is 10.6. The highest BCUT2D eigenvalue weighted by Crippen LogP contribution is 2.27. The van der Waals surface area contributed by atoms with Gasteiger partial charge >= 0.3 is 0 Å². The number of likely N-dealkylation sites (N-methyl/N-ethyl adjacent to an activating group) is 1. The molecule has 2 N–H and O–H groups in total. The Morgan fingerprint density at radius 3 is 2.67 bits per heavy atom. The summed E-state index contributed by atoms with van der Waals surface area (Å²) >= 11 is 0. The number of piperazine rings is 1. The Morgan fingerprint density at radius 2 is 1.92 bits per heavy atom. The third kappa shape index (κ3) is 5.43. The first-order chi connectivity index (χ1) is 17.5. The topological polar surface area (TPSA) is 103 Å². The van der Waals surface area contributed by atoms with E-state index in [9.17, 15) is 4.79 Å². The second kappa shape index (κ2) is 10.5. The van der Waals surface area contributed by atoms with Crippen LogP contribution in [0.2, 0.25) is 0 Å². The Kier molecular flexibility index (Phi) is 7.04. The van der Waals surface area contributed by atoms with Gasteiger partial charge in [-0.05, 0) is 38.4 Å². The maximum absolute atomic E-state index is 13.2. The first-order valence-corrected chi connectivity index (χ1v) is 12.5. The van der Waals surface area contributed by atoms with Gasteiger partial charge in [-0.2, -0.15) is 5.10 Å². The maximum Gasteiger partial charge on any atom is 0.257 e. The average molecular weight is 491 g/mol. The Bertz CT molecular complexity index is 1200. The fraction of sp³-hybridized carbons (Fsp3) is 0.462. The first-order valence-electron chi connectivity index (χ1n) is 12.5. The number of amides is 1. The summed E-state index contributed by atoms with van der Waals surface area (Å²) in [6.45, 7) is 7.23. The highest BCUT2D eigenvalue weighted by molar-refractivity contribution is 5.97. The minimum atomic E-state index is 0.0123. The number of hydrogen-bond acceptors (Lipinski definition) is 8. The molecule has 0 unspecified atom stereocenters. The molecule has 0 bridgehead atoms. The SMILES string of the molecule is COc1ccccc1C(=O)N1CC[C@H](Cc2nc(Nc3cc(C)[nH]n3)cc(N3CCN(C)CC3)n2)C1. The van der Waals surface area contributed by atoms with Crippen molar-refractivity contribution in [1.82, 2.24) is 30.0 Å². The Balaban J connectivity index is 1.32. The normalized spacial score (nSPS) is 18.5. The van der Waals surface area contributed by atoms with E-state index in [1.165, 1.54) is 0 Å². The van der Waals surface area contributed by atoms with Crippen LogP contribution in [0.15, 0.2) is 36.4 Å². The summed E-state index contributed by atoms with van der Waals surface area (Å²) in [6.07, 6.45) is 1.63. The van der Waals surface area contributed by atoms with Crippen LogP contribution >= 0.6 is 0 Å². The van der Waals surface area contributed by atoms with Crippen molar-refractivity contribution in [2.24, 2.45) is 5.92 Å². The van der Waals surface area contributed by atoms with Crippen LogP contribution in [0.5, 0.6) is 5.75 Å². The van der Waals surface area contributed by atoms with Crippen LogP contribution in [0, 0.1) is 12.8 Å². The zero-order chi connectivity index (χ0) is 25.1. The summed E-state index contributed by atoms with van der Waals surface area (Å²) < 4.78 is 5.40. The number of nitrogens with zero attached hydrogens (tertiary/aromatic N) is 6. The number of benzene rings is 1. The number of carbonyl (C=O) groups is 1. The van der Waals surface area contributed by atoms with Crippen molar-refractivity contribution in [3.05, 3.63) is 53.5 Å². The number of methoxy groups -OCH3 is 1. The molecule has 5 rings (SSSR count).